The van der Waals surface area contributed by atoms with E-state index in [4.69, 9.17) is 25.8 Å². The second kappa shape index (κ2) is 8.44. The van der Waals surface area contributed by atoms with Crippen molar-refractivity contribution in [2.75, 3.05) is 14.2 Å². The van der Waals surface area contributed by atoms with E-state index in [1.165, 1.54) is 20.3 Å². The van der Waals surface area contributed by atoms with Gasteiger partial charge in [0.2, 0.25) is 23.1 Å². The van der Waals surface area contributed by atoms with Gasteiger partial charge in [0.05, 0.1) is 19.7 Å². The van der Waals surface area contributed by atoms with E-state index in [0.717, 1.165) is 22.9 Å². The van der Waals surface area contributed by atoms with Crippen molar-refractivity contribution in [2.45, 2.75) is 44.2 Å². The number of rotatable bonds is 3. The molecule has 4 aliphatic rings. The van der Waals surface area contributed by atoms with Crippen LogP contribution in [0.5, 0.6) is 17.2 Å². The van der Waals surface area contributed by atoms with Gasteiger partial charge >= 0.3 is 0 Å². The number of benzene rings is 2. The van der Waals surface area contributed by atoms with Crippen molar-refractivity contribution in [2.24, 2.45) is 5.92 Å². The molecule has 1 spiro atoms. The van der Waals surface area contributed by atoms with Gasteiger partial charge in [0.25, 0.3) is 5.56 Å². The Morgan fingerprint density at radius 1 is 1.05 bits per heavy atom. The van der Waals surface area contributed by atoms with Gasteiger partial charge in [-0.1, -0.05) is 36.7 Å². The van der Waals surface area contributed by atoms with Crippen LogP contribution < -0.4 is 25.1 Å². The maximum atomic E-state index is 14.6. The molecule has 0 fully saturated rings. The number of hydrogen-bond donors (Lipinski definition) is 1. The first-order valence-corrected chi connectivity index (χ1v) is 13.5. The minimum Gasteiger partial charge on any atom is -0.496 e. The van der Waals surface area contributed by atoms with E-state index >= 15 is 0 Å². The molecule has 10 heteroatoms. The summed E-state index contributed by atoms with van der Waals surface area (Å²) in [6.45, 7) is 2.26. The first kappa shape index (κ1) is 24.9. The molecule has 0 saturated heterocycles. The Bertz CT molecular complexity index is 1810. The zero-order chi connectivity index (χ0) is 28.1. The molecule has 0 saturated carbocycles. The Kier molecular flexibility index (Phi) is 5.26. The normalized spacial score (nSPS) is 24.8. The summed E-state index contributed by atoms with van der Waals surface area (Å²) < 4.78 is 18.8. The number of amides is 1. The summed E-state index contributed by atoms with van der Waals surface area (Å²) in [4.78, 5) is 55.4. The van der Waals surface area contributed by atoms with Gasteiger partial charge in [-0.25, -0.2) is 0 Å². The number of carbonyl (C=O) groups is 3. The molecule has 0 radical (unpaired) electrons. The summed E-state index contributed by atoms with van der Waals surface area (Å²) in [6, 6.07) is 9.14. The molecule has 9 nitrogen and oxygen atoms in total. The molecule has 4 heterocycles. The van der Waals surface area contributed by atoms with Gasteiger partial charge in [-0.3, -0.25) is 19.2 Å². The lowest BCUT2D eigenvalue weighted by atomic mass is 9.66. The number of ether oxygens (including phenoxy) is 3. The standard InChI is InChI=1S/C30H25ClN2O7/c1-13-9-18-22(27(35)30(13)28(36)23-19(38-2)12-20(39-3)24(31)26(23)40-30)16(11-21(34)32-18)17-10-15-6-4-5-14-7-8-33(25(14)15)29(17)37/h4-6,10,12-13,16H,7-9,11H2,1-3H3,(H,32,34). The lowest BCUT2D eigenvalue weighted by molar-refractivity contribution is -0.131. The number of nitrogens with one attached hydrogen (secondary N) is 1. The van der Waals surface area contributed by atoms with Crippen molar-refractivity contribution >= 4 is 40.0 Å². The number of aromatic nitrogens is 1. The lowest BCUT2D eigenvalue weighted by Gasteiger charge is -2.41. The van der Waals surface area contributed by atoms with E-state index in [-0.39, 0.29) is 57.7 Å². The molecule has 3 aromatic rings. The number of hydrogen-bond acceptors (Lipinski definition) is 7. The quantitative estimate of drug-likeness (QED) is 0.486. The van der Waals surface area contributed by atoms with Gasteiger partial charge < -0.3 is 24.1 Å². The number of Topliss-reactive ketones (excluding diaryl/α,β-unsaturated/α-hetero) is 2. The van der Waals surface area contributed by atoms with Gasteiger partial charge in [-0.05, 0) is 29.9 Å². The summed E-state index contributed by atoms with van der Waals surface area (Å²) in [5, 5.41) is 3.77. The van der Waals surface area contributed by atoms with Crippen molar-refractivity contribution in [3.63, 3.8) is 0 Å². The van der Waals surface area contributed by atoms with Crippen LogP contribution in [-0.4, -0.2) is 41.9 Å². The molecule has 3 unspecified atom stereocenters. The highest BCUT2D eigenvalue weighted by atomic mass is 35.5. The van der Waals surface area contributed by atoms with Gasteiger partial charge in [0.15, 0.2) is 5.75 Å². The fourth-order valence-corrected chi connectivity index (χ4v) is 7.16. The Labute approximate surface area is 233 Å². The summed E-state index contributed by atoms with van der Waals surface area (Å²) >= 11 is 6.56. The molecule has 3 atom stereocenters. The fourth-order valence-electron chi connectivity index (χ4n) is 6.90. The molecule has 1 amide bonds. The molecular weight excluding hydrogens is 536 g/mol. The van der Waals surface area contributed by atoms with Gasteiger partial charge in [0.1, 0.15) is 22.1 Å². The molecule has 40 heavy (non-hydrogen) atoms. The van der Waals surface area contributed by atoms with Crippen LogP contribution in [0.15, 0.2) is 46.4 Å². The van der Waals surface area contributed by atoms with Crippen LogP contribution in [0, 0.1) is 5.92 Å². The average Bonchev–Trinajstić information content (AvgIpc) is 3.51. The second-order valence-electron chi connectivity index (χ2n) is 10.8. The smallest absolute Gasteiger partial charge is 0.254 e. The number of para-hydroxylation sites is 1. The van der Waals surface area contributed by atoms with Crippen LogP contribution in [0.2, 0.25) is 5.02 Å². The van der Waals surface area contributed by atoms with E-state index in [2.05, 4.69) is 5.32 Å². The SMILES string of the molecule is COc1cc(OC)c2c(c1Cl)OC1(C(=O)C3=C(CC1C)NC(=O)CC3c1cc3cccc4c3n(c1=O)CC4)C2=O. The molecule has 1 aliphatic carbocycles. The fraction of sp³-hybridized carbons (Fsp3) is 0.333. The van der Waals surface area contributed by atoms with Crippen molar-refractivity contribution in [3.8, 4) is 17.2 Å². The Hall–Kier alpha value is -4.11. The first-order valence-electron chi connectivity index (χ1n) is 13.1. The van der Waals surface area contributed by atoms with E-state index in [9.17, 15) is 19.2 Å². The highest BCUT2D eigenvalue weighted by Crippen LogP contribution is 2.55. The van der Waals surface area contributed by atoms with Gasteiger partial charge in [-0.2, -0.15) is 0 Å². The zero-order valence-corrected chi connectivity index (χ0v) is 22.8. The molecule has 2 aromatic carbocycles. The third kappa shape index (κ3) is 3.04. The minimum absolute atomic E-state index is 0.0231. The molecule has 3 aliphatic heterocycles. The minimum atomic E-state index is -1.93. The second-order valence-corrected chi connectivity index (χ2v) is 11.1. The molecule has 1 aromatic heterocycles. The van der Waals surface area contributed by atoms with Crippen LogP contribution in [0.25, 0.3) is 10.9 Å². The van der Waals surface area contributed by atoms with Crippen molar-refractivity contribution in [1.82, 2.24) is 9.88 Å². The third-order valence-corrected chi connectivity index (χ3v) is 9.12. The summed E-state index contributed by atoms with van der Waals surface area (Å²) in [6.07, 6.45) is 0.821. The highest BCUT2D eigenvalue weighted by Gasteiger charge is 2.63. The van der Waals surface area contributed by atoms with Crippen LogP contribution in [0.4, 0.5) is 0 Å². The predicted octanol–water partition coefficient (Wildman–Crippen LogP) is 3.71. The zero-order valence-electron chi connectivity index (χ0n) is 22.1. The van der Waals surface area contributed by atoms with Crippen LogP contribution in [0.1, 0.15) is 47.2 Å². The summed E-state index contributed by atoms with van der Waals surface area (Å²) in [5.74, 6) is -2.48. The third-order valence-electron chi connectivity index (χ3n) is 8.76. The van der Waals surface area contributed by atoms with Crippen LogP contribution >= 0.6 is 11.6 Å². The Morgan fingerprint density at radius 2 is 1.82 bits per heavy atom. The first-order chi connectivity index (χ1) is 19.2. The van der Waals surface area contributed by atoms with Crippen LogP contribution in [-0.2, 0) is 22.6 Å². The summed E-state index contributed by atoms with van der Waals surface area (Å²) in [5.41, 5.74) is 0.871. The number of aryl methyl sites for hydroxylation is 2. The van der Waals surface area contributed by atoms with Crippen LogP contribution in [0.3, 0.4) is 0 Å². The maximum absolute atomic E-state index is 14.6. The molecular formula is C30H25ClN2O7. The van der Waals surface area contributed by atoms with Crippen molar-refractivity contribution in [1.29, 1.82) is 0 Å². The maximum Gasteiger partial charge on any atom is 0.254 e. The van der Waals surface area contributed by atoms with E-state index < -0.39 is 29.0 Å². The number of ketones is 2. The molecule has 204 valence electrons. The molecule has 1 N–H and O–H groups in total. The van der Waals surface area contributed by atoms with E-state index in [0.29, 0.717) is 17.8 Å². The predicted molar refractivity (Wildman–Crippen MR) is 145 cm³/mol. The topological polar surface area (TPSA) is 113 Å². The Balaban J connectivity index is 1.41. The number of carbonyl (C=O) groups excluding carboxylic acids is 3. The molecule has 7 rings (SSSR count). The highest BCUT2D eigenvalue weighted by molar-refractivity contribution is 6.36. The number of allylic oxidation sites excluding steroid dienone is 1. The number of fused-ring (bicyclic) bond motifs is 1. The number of halogens is 1. The number of methoxy groups -OCH3 is 2. The van der Waals surface area contributed by atoms with E-state index in [1.54, 1.807) is 17.6 Å². The molecule has 0 bridgehead atoms. The largest absolute Gasteiger partial charge is 0.496 e. The van der Waals surface area contributed by atoms with Gasteiger partial charge in [0, 0.05) is 47.7 Å². The number of pyridine rings is 1. The van der Waals surface area contributed by atoms with Crippen molar-refractivity contribution in [3.05, 3.63) is 73.7 Å². The van der Waals surface area contributed by atoms with Gasteiger partial charge in [-0.15, -0.1) is 0 Å². The van der Waals surface area contributed by atoms with E-state index in [1.807, 2.05) is 18.2 Å². The number of nitrogens with zero attached hydrogens (tertiary/aromatic N) is 1. The van der Waals surface area contributed by atoms with Crippen molar-refractivity contribution < 1.29 is 28.6 Å². The monoisotopic (exact) mass is 560 g/mol. The average molecular weight is 561 g/mol. The lowest BCUT2D eigenvalue weighted by Crippen LogP contribution is -2.59. The Morgan fingerprint density at radius 3 is 2.58 bits per heavy atom. The summed E-state index contributed by atoms with van der Waals surface area (Å²) in [7, 11) is 2.83.